The fourth-order valence-electron chi connectivity index (χ4n) is 1.59. The molecule has 2 aromatic rings. The topological polar surface area (TPSA) is 71.8 Å². The molecule has 4 nitrogen and oxygen atoms in total. The molecule has 17 heavy (non-hydrogen) atoms. The number of carbonyl (C=O) groups is 1. The van der Waals surface area contributed by atoms with Crippen molar-refractivity contribution in [3.63, 3.8) is 0 Å². The van der Waals surface area contributed by atoms with Gasteiger partial charge in [0, 0.05) is 23.2 Å². The van der Waals surface area contributed by atoms with Gasteiger partial charge in [0.2, 0.25) is 5.91 Å². The first-order chi connectivity index (χ1) is 8.08. The lowest BCUT2D eigenvalue weighted by atomic mass is 10.1. The minimum atomic E-state index is -0.415. The SMILES string of the molecule is CC(C)c1nc(-c2ccc(C(N)=O)cc2)c[nH]1. The van der Waals surface area contributed by atoms with Gasteiger partial charge in [0.05, 0.1) is 5.69 Å². The van der Waals surface area contributed by atoms with Gasteiger partial charge in [-0.1, -0.05) is 26.0 Å². The second kappa shape index (κ2) is 4.41. The molecule has 3 N–H and O–H groups in total. The lowest BCUT2D eigenvalue weighted by molar-refractivity contribution is 0.100. The number of nitrogens with two attached hydrogens (primary N) is 1. The maximum absolute atomic E-state index is 10.9. The van der Waals surface area contributed by atoms with Gasteiger partial charge in [0.25, 0.3) is 0 Å². The summed E-state index contributed by atoms with van der Waals surface area (Å²) in [6, 6.07) is 7.11. The summed E-state index contributed by atoms with van der Waals surface area (Å²) >= 11 is 0. The van der Waals surface area contributed by atoms with Gasteiger partial charge in [-0.2, -0.15) is 0 Å². The number of hydrogen-bond acceptors (Lipinski definition) is 2. The Labute approximate surface area is 99.9 Å². The smallest absolute Gasteiger partial charge is 0.248 e. The molecule has 1 aromatic heterocycles. The van der Waals surface area contributed by atoms with Gasteiger partial charge in [-0.25, -0.2) is 4.98 Å². The van der Waals surface area contributed by atoms with E-state index in [1.807, 2.05) is 18.3 Å². The summed E-state index contributed by atoms with van der Waals surface area (Å²) in [5.41, 5.74) is 7.54. The van der Waals surface area contributed by atoms with Crippen LogP contribution in [0.3, 0.4) is 0 Å². The number of nitrogens with zero attached hydrogens (tertiary/aromatic N) is 1. The molecule has 0 aliphatic rings. The van der Waals surface area contributed by atoms with Gasteiger partial charge in [-0.3, -0.25) is 4.79 Å². The normalized spacial score (nSPS) is 10.8. The molecule has 0 bridgehead atoms. The summed E-state index contributed by atoms with van der Waals surface area (Å²) in [6.07, 6.45) is 1.87. The first-order valence-electron chi connectivity index (χ1n) is 5.53. The van der Waals surface area contributed by atoms with Crippen LogP contribution in [0.5, 0.6) is 0 Å². The van der Waals surface area contributed by atoms with Crippen molar-refractivity contribution in [2.45, 2.75) is 19.8 Å². The lowest BCUT2D eigenvalue weighted by Crippen LogP contribution is -2.10. The molecule has 0 radical (unpaired) electrons. The minimum absolute atomic E-state index is 0.369. The van der Waals surface area contributed by atoms with Gasteiger partial charge >= 0.3 is 0 Å². The number of carbonyl (C=O) groups excluding carboxylic acids is 1. The standard InChI is InChI=1S/C13H15N3O/c1-8(2)13-15-7-11(16-13)9-3-5-10(6-4-9)12(14)17/h3-8H,1-2H3,(H2,14,17)(H,15,16). The highest BCUT2D eigenvalue weighted by Gasteiger charge is 2.07. The Morgan fingerprint density at radius 3 is 2.41 bits per heavy atom. The molecule has 1 heterocycles. The number of nitrogens with one attached hydrogen (secondary N) is 1. The zero-order chi connectivity index (χ0) is 12.4. The summed E-state index contributed by atoms with van der Waals surface area (Å²) in [6.45, 7) is 4.16. The van der Waals surface area contributed by atoms with Crippen molar-refractivity contribution in [3.05, 3.63) is 41.9 Å². The Hall–Kier alpha value is -2.10. The van der Waals surface area contributed by atoms with Gasteiger partial charge in [0.1, 0.15) is 5.82 Å². The number of hydrogen-bond donors (Lipinski definition) is 2. The van der Waals surface area contributed by atoms with Crippen LogP contribution in [0.1, 0.15) is 35.9 Å². The Bertz CT molecular complexity index is 526. The van der Waals surface area contributed by atoms with E-state index in [-0.39, 0.29) is 0 Å². The highest BCUT2D eigenvalue weighted by molar-refractivity contribution is 5.93. The maximum Gasteiger partial charge on any atom is 0.248 e. The molecule has 0 saturated carbocycles. The molecule has 0 unspecified atom stereocenters. The Morgan fingerprint density at radius 1 is 1.29 bits per heavy atom. The number of aromatic amines is 1. The molecular weight excluding hydrogens is 214 g/mol. The number of aromatic nitrogens is 2. The number of H-pyrrole nitrogens is 1. The van der Waals surface area contributed by atoms with Crippen molar-refractivity contribution in [1.82, 2.24) is 9.97 Å². The quantitative estimate of drug-likeness (QED) is 0.847. The first kappa shape index (κ1) is 11.4. The Balaban J connectivity index is 2.30. The number of primary amides is 1. The second-order valence-electron chi connectivity index (χ2n) is 4.27. The molecule has 2 rings (SSSR count). The molecular formula is C13H15N3O. The molecule has 0 saturated heterocycles. The molecule has 4 heteroatoms. The van der Waals surface area contributed by atoms with Gasteiger partial charge in [-0.15, -0.1) is 0 Å². The van der Waals surface area contributed by atoms with Gasteiger partial charge < -0.3 is 10.7 Å². The van der Waals surface area contributed by atoms with Gasteiger partial charge in [-0.05, 0) is 12.1 Å². The fourth-order valence-corrected chi connectivity index (χ4v) is 1.59. The summed E-state index contributed by atoms with van der Waals surface area (Å²) in [7, 11) is 0. The average molecular weight is 229 g/mol. The molecule has 0 atom stereocenters. The van der Waals surface area contributed by atoms with E-state index in [0.29, 0.717) is 11.5 Å². The number of imidazole rings is 1. The summed E-state index contributed by atoms with van der Waals surface area (Å²) in [4.78, 5) is 18.6. The monoisotopic (exact) mass is 229 g/mol. The minimum Gasteiger partial charge on any atom is -0.366 e. The molecule has 0 spiro atoms. The highest BCUT2D eigenvalue weighted by Crippen LogP contribution is 2.20. The van der Waals surface area contributed by atoms with Crippen LogP contribution in [0, 0.1) is 0 Å². The van der Waals surface area contributed by atoms with E-state index in [1.165, 1.54) is 0 Å². The van der Waals surface area contributed by atoms with Crippen molar-refractivity contribution >= 4 is 5.91 Å². The highest BCUT2D eigenvalue weighted by atomic mass is 16.1. The van der Waals surface area contributed by atoms with Crippen LogP contribution in [0.4, 0.5) is 0 Å². The predicted octanol–water partition coefficient (Wildman–Crippen LogP) is 2.30. The Morgan fingerprint density at radius 2 is 1.94 bits per heavy atom. The van der Waals surface area contributed by atoms with Crippen LogP contribution < -0.4 is 5.73 Å². The van der Waals surface area contributed by atoms with E-state index in [9.17, 15) is 4.79 Å². The summed E-state index contributed by atoms with van der Waals surface area (Å²) in [5, 5.41) is 0. The number of rotatable bonds is 3. The molecule has 0 aliphatic carbocycles. The second-order valence-corrected chi connectivity index (χ2v) is 4.27. The maximum atomic E-state index is 10.9. The van der Waals surface area contributed by atoms with Crippen LogP contribution in [0.2, 0.25) is 0 Å². The largest absolute Gasteiger partial charge is 0.366 e. The van der Waals surface area contributed by atoms with Crippen molar-refractivity contribution in [2.24, 2.45) is 5.73 Å². The van der Waals surface area contributed by atoms with E-state index in [0.717, 1.165) is 17.1 Å². The van der Waals surface area contributed by atoms with Crippen LogP contribution in [0.15, 0.2) is 30.5 Å². The average Bonchev–Trinajstić information content (AvgIpc) is 2.78. The van der Waals surface area contributed by atoms with Crippen molar-refractivity contribution in [2.75, 3.05) is 0 Å². The van der Waals surface area contributed by atoms with Gasteiger partial charge in [0.15, 0.2) is 0 Å². The zero-order valence-corrected chi connectivity index (χ0v) is 9.90. The van der Waals surface area contributed by atoms with E-state index >= 15 is 0 Å². The molecule has 0 aliphatic heterocycles. The third-order valence-electron chi connectivity index (χ3n) is 2.61. The lowest BCUT2D eigenvalue weighted by Gasteiger charge is -1.99. The van der Waals surface area contributed by atoms with Crippen molar-refractivity contribution in [1.29, 1.82) is 0 Å². The number of benzene rings is 1. The Kier molecular flexibility index (Phi) is 2.95. The summed E-state index contributed by atoms with van der Waals surface area (Å²) in [5.74, 6) is 0.911. The molecule has 88 valence electrons. The molecule has 0 fully saturated rings. The third kappa shape index (κ3) is 2.36. The summed E-state index contributed by atoms with van der Waals surface area (Å²) < 4.78 is 0. The van der Waals surface area contributed by atoms with E-state index in [1.54, 1.807) is 12.1 Å². The molecule has 1 amide bonds. The first-order valence-corrected chi connectivity index (χ1v) is 5.53. The van der Waals surface area contributed by atoms with E-state index < -0.39 is 5.91 Å². The van der Waals surface area contributed by atoms with Crippen LogP contribution >= 0.6 is 0 Å². The number of amides is 1. The predicted molar refractivity (Wildman–Crippen MR) is 66.6 cm³/mol. The van der Waals surface area contributed by atoms with Crippen LogP contribution in [0.25, 0.3) is 11.3 Å². The molecule has 1 aromatic carbocycles. The third-order valence-corrected chi connectivity index (χ3v) is 2.61. The van der Waals surface area contributed by atoms with Crippen LogP contribution in [-0.4, -0.2) is 15.9 Å². The van der Waals surface area contributed by atoms with Crippen molar-refractivity contribution < 1.29 is 4.79 Å². The van der Waals surface area contributed by atoms with E-state index in [4.69, 9.17) is 5.73 Å². The van der Waals surface area contributed by atoms with E-state index in [2.05, 4.69) is 23.8 Å². The van der Waals surface area contributed by atoms with Crippen LogP contribution in [-0.2, 0) is 0 Å². The fraction of sp³-hybridized carbons (Fsp3) is 0.231. The zero-order valence-electron chi connectivity index (χ0n) is 9.90. The van der Waals surface area contributed by atoms with Crippen molar-refractivity contribution in [3.8, 4) is 11.3 Å².